The van der Waals surface area contributed by atoms with Crippen LogP contribution < -0.4 is 0 Å². The van der Waals surface area contributed by atoms with Crippen molar-refractivity contribution in [1.82, 2.24) is 15.1 Å². The average Bonchev–Trinajstić information content (AvgIpc) is 2.88. The van der Waals surface area contributed by atoms with Crippen LogP contribution in [0.4, 0.5) is 4.39 Å². The molecule has 1 saturated heterocycles. The van der Waals surface area contributed by atoms with Crippen LogP contribution in [0.2, 0.25) is 0 Å². The molecule has 3 rings (SSSR count). The second-order valence-corrected chi connectivity index (χ2v) is 5.31. The number of nitrogens with zero attached hydrogens (tertiary/aromatic N) is 2. The van der Waals surface area contributed by atoms with Crippen molar-refractivity contribution in [3.8, 4) is 11.3 Å². The van der Waals surface area contributed by atoms with Gasteiger partial charge in [0.1, 0.15) is 5.82 Å². The Kier molecular flexibility index (Phi) is 3.80. The van der Waals surface area contributed by atoms with Gasteiger partial charge >= 0.3 is 0 Å². The predicted molar refractivity (Wildman–Crippen MR) is 74.5 cm³/mol. The molecule has 1 atom stereocenters. The molecule has 1 aliphatic rings. The molecule has 4 nitrogen and oxygen atoms in total. The molecular formula is C15H18FN3O. The summed E-state index contributed by atoms with van der Waals surface area (Å²) < 4.78 is 13.0. The Balaban J connectivity index is 1.78. The van der Waals surface area contributed by atoms with E-state index in [9.17, 15) is 9.50 Å². The Morgan fingerprint density at radius 1 is 1.35 bits per heavy atom. The number of aliphatic hydroxyl groups is 1. The maximum Gasteiger partial charge on any atom is 0.123 e. The number of aliphatic hydroxyl groups excluding tert-OH is 1. The molecule has 0 amide bonds. The van der Waals surface area contributed by atoms with E-state index in [0.29, 0.717) is 6.54 Å². The highest BCUT2D eigenvalue weighted by Gasteiger charge is 2.19. The summed E-state index contributed by atoms with van der Waals surface area (Å²) in [5.41, 5.74) is 2.92. The van der Waals surface area contributed by atoms with Crippen molar-refractivity contribution in [3.05, 3.63) is 41.8 Å². The van der Waals surface area contributed by atoms with Crippen LogP contribution in [-0.2, 0) is 6.54 Å². The zero-order chi connectivity index (χ0) is 13.9. The minimum absolute atomic E-state index is 0.232. The fourth-order valence-corrected chi connectivity index (χ4v) is 2.71. The van der Waals surface area contributed by atoms with Crippen LogP contribution in [0.5, 0.6) is 0 Å². The third-order valence-corrected chi connectivity index (χ3v) is 3.73. The van der Waals surface area contributed by atoms with Crippen molar-refractivity contribution >= 4 is 0 Å². The molecule has 0 saturated carbocycles. The number of rotatable bonds is 3. The standard InChI is InChI=1S/C15H18FN3O/c16-13-5-3-11(4-6-13)15-12(8-17-18-15)9-19-7-1-2-14(20)10-19/h3-6,8,14,20H,1-2,7,9-10H2,(H,17,18). The number of H-pyrrole nitrogens is 1. The van der Waals surface area contributed by atoms with E-state index >= 15 is 0 Å². The lowest BCUT2D eigenvalue weighted by atomic mass is 10.1. The Bertz CT molecular complexity index is 567. The number of likely N-dealkylation sites (tertiary alicyclic amines) is 1. The van der Waals surface area contributed by atoms with Gasteiger partial charge < -0.3 is 5.11 Å². The first-order valence-electron chi connectivity index (χ1n) is 6.91. The van der Waals surface area contributed by atoms with E-state index in [1.807, 2.05) is 0 Å². The number of nitrogens with one attached hydrogen (secondary N) is 1. The Hall–Kier alpha value is -1.72. The molecule has 2 N–H and O–H groups in total. The molecule has 0 radical (unpaired) electrons. The van der Waals surface area contributed by atoms with Crippen LogP contribution >= 0.6 is 0 Å². The molecule has 0 spiro atoms. The molecule has 5 heteroatoms. The molecule has 0 aliphatic carbocycles. The monoisotopic (exact) mass is 275 g/mol. The first-order chi connectivity index (χ1) is 9.72. The van der Waals surface area contributed by atoms with Gasteiger partial charge in [-0.3, -0.25) is 10.00 Å². The van der Waals surface area contributed by atoms with Gasteiger partial charge in [0.25, 0.3) is 0 Å². The molecule has 106 valence electrons. The van der Waals surface area contributed by atoms with Gasteiger partial charge in [0.2, 0.25) is 0 Å². The predicted octanol–water partition coefficient (Wildman–Crippen LogP) is 2.17. The maximum absolute atomic E-state index is 13.0. The summed E-state index contributed by atoms with van der Waals surface area (Å²) in [7, 11) is 0. The van der Waals surface area contributed by atoms with Crippen molar-refractivity contribution in [2.24, 2.45) is 0 Å². The molecule has 1 aromatic heterocycles. The maximum atomic E-state index is 13.0. The third kappa shape index (κ3) is 2.89. The van der Waals surface area contributed by atoms with E-state index in [-0.39, 0.29) is 11.9 Å². The molecule has 20 heavy (non-hydrogen) atoms. The smallest absolute Gasteiger partial charge is 0.123 e. The highest BCUT2D eigenvalue weighted by atomic mass is 19.1. The Labute approximate surface area is 117 Å². The average molecular weight is 275 g/mol. The summed E-state index contributed by atoms with van der Waals surface area (Å²) in [6, 6.07) is 6.39. The SMILES string of the molecule is OC1CCCN(Cc2cn[nH]c2-c2ccc(F)cc2)C1. The van der Waals surface area contributed by atoms with Crippen LogP contribution in [0.3, 0.4) is 0 Å². The van der Waals surface area contributed by atoms with Crippen molar-refractivity contribution in [2.45, 2.75) is 25.5 Å². The lowest BCUT2D eigenvalue weighted by Gasteiger charge is -2.29. The normalized spacial score (nSPS) is 20.2. The first-order valence-corrected chi connectivity index (χ1v) is 6.91. The molecule has 1 aliphatic heterocycles. The van der Waals surface area contributed by atoms with Gasteiger partial charge in [0.05, 0.1) is 18.0 Å². The number of piperidine rings is 1. The number of benzene rings is 1. The van der Waals surface area contributed by atoms with Gasteiger partial charge in [0, 0.05) is 24.2 Å². The summed E-state index contributed by atoms with van der Waals surface area (Å²) >= 11 is 0. The van der Waals surface area contributed by atoms with Crippen LogP contribution in [0, 0.1) is 5.82 Å². The van der Waals surface area contributed by atoms with E-state index in [4.69, 9.17) is 0 Å². The Morgan fingerprint density at radius 2 is 2.15 bits per heavy atom. The lowest BCUT2D eigenvalue weighted by Crippen LogP contribution is -2.37. The zero-order valence-corrected chi connectivity index (χ0v) is 11.2. The third-order valence-electron chi connectivity index (χ3n) is 3.73. The van der Waals surface area contributed by atoms with Gasteiger partial charge in [-0.2, -0.15) is 5.10 Å². The second kappa shape index (κ2) is 5.73. The van der Waals surface area contributed by atoms with Crippen molar-refractivity contribution in [1.29, 1.82) is 0 Å². The van der Waals surface area contributed by atoms with E-state index in [2.05, 4.69) is 15.1 Å². The molecule has 1 fully saturated rings. The van der Waals surface area contributed by atoms with Gasteiger partial charge in [0.15, 0.2) is 0 Å². The van der Waals surface area contributed by atoms with Crippen LogP contribution in [0.15, 0.2) is 30.5 Å². The minimum Gasteiger partial charge on any atom is -0.392 e. The highest BCUT2D eigenvalue weighted by molar-refractivity contribution is 5.62. The van der Waals surface area contributed by atoms with Gasteiger partial charge in [-0.1, -0.05) is 0 Å². The summed E-state index contributed by atoms with van der Waals surface area (Å²) in [6.45, 7) is 2.44. The van der Waals surface area contributed by atoms with Crippen molar-refractivity contribution in [2.75, 3.05) is 13.1 Å². The summed E-state index contributed by atoms with van der Waals surface area (Å²) in [6.07, 6.45) is 3.47. The van der Waals surface area contributed by atoms with E-state index in [1.54, 1.807) is 18.3 Å². The fraction of sp³-hybridized carbons (Fsp3) is 0.400. The topological polar surface area (TPSA) is 52.1 Å². The summed E-state index contributed by atoms with van der Waals surface area (Å²) in [4.78, 5) is 2.23. The quantitative estimate of drug-likeness (QED) is 0.902. The first kappa shape index (κ1) is 13.3. The van der Waals surface area contributed by atoms with Gasteiger partial charge in [-0.15, -0.1) is 0 Å². The Morgan fingerprint density at radius 3 is 2.90 bits per heavy atom. The number of β-amino-alcohol motifs (C(OH)–C–C–N with tert-alkyl or cyclic N) is 1. The molecular weight excluding hydrogens is 257 g/mol. The molecule has 1 aromatic carbocycles. The van der Waals surface area contributed by atoms with Crippen LogP contribution in [0.1, 0.15) is 18.4 Å². The number of aromatic amines is 1. The van der Waals surface area contributed by atoms with Crippen molar-refractivity contribution in [3.63, 3.8) is 0 Å². The van der Waals surface area contributed by atoms with Gasteiger partial charge in [-0.25, -0.2) is 4.39 Å². The van der Waals surface area contributed by atoms with Crippen molar-refractivity contribution < 1.29 is 9.50 Å². The van der Waals surface area contributed by atoms with Crippen LogP contribution in [0.25, 0.3) is 11.3 Å². The van der Waals surface area contributed by atoms with Crippen LogP contribution in [-0.4, -0.2) is 39.4 Å². The van der Waals surface area contributed by atoms with Gasteiger partial charge in [-0.05, 0) is 43.7 Å². The van der Waals surface area contributed by atoms with E-state index < -0.39 is 0 Å². The summed E-state index contributed by atoms with van der Waals surface area (Å²) in [5, 5.41) is 16.8. The second-order valence-electron chi connectivity index (χ2n) is 5.31. The lowest BCUT2D eigenvalue weighted by molar-refractivity contribution is 0.0669. The number of aromatic nitrogens is 2. The minimum atomic E-state index is -0.242. The largest absolute Gasteiger partial charge is 0.392 e. The van der Waals surface area contributed by atoms with E-state index in [0.717, 1.165) is 42.8 Å². The fourth-order valence-electron chi connectivity index (χ4n) is 2.71. The molecule has 2 heterocycles. The molecule has 1 unspecified atom stereocenters. The zero-order valence-electron chi connectivity index (χ0n) is 11.2. The highest BCUT2D eigenvalue weighted by Crippen LogP contribution is 2.23. The number of hydrogen-bond acceptors (Lipinski definition) is 3. The van der Waals surface area contributed by atoms with E-state index in [1.165, 1.54) is 12.1 Å². The molecule has 0 bridgehead atoms. The molecule has 2 aromatic rings. The number of halogens is 1. The summed E-state index contributed by atoms with van der Waals surface area (Å²) in [5.74, 6) is -0.242. The number of hydrogen-bond donors (Lipinski definition) is 2.